The van der Waals surface area contributed by atoms with Gasteiger partial charge in [-0.1, -0.05) is 6.92 Å². The summed E-state index contributed by atoms with van der Waals surface area (Å²) in [6.07, 6.45) is 6.54. The predicted octanol–water partition coefficient (Wildman–Crippen LogP) is 2.18. The maximum Gasteiger partial charge on any atom is 0.0119 e. The summed E-state index contributed by atoms with van der Waals surface area (Å²) in [5.74, 6) is 0. The summed E-state index contributed by atoms with van der Waals surface area (Å²) in [6.45, 7) is 9.49. The Balaban J connectivity index is 2.14. The van der Waals surface area contributed by atoms with E-state index in [1.807, 2.05) is 0 Å². The molecule has 18 heavy (non-hydrogen) atoms. The minimum absolute atomic E-state index is 0.724. The topological polar surface area (TPSA) is 18.5 Å². The van der Waals surface area contributed by atoms with Gasteiger partial charge in [0.25, 0.3) is 0 Å². The summed E-state index contributed by atoms with van der Waals surface area (Å²) in [5.41, 5.74) is 0. The Hall–Kier alpha value is -0.120. The normalized spacial score (nSPS) is 20.5. The molecular formula is C15H33N3. The van der Waals surface area contributed by atoms with E-state index >= 15 is 0 Å². The molecule has 1 unspecified atom stereocenters. The van der Waals surface area contributed by atoms with Crippen LogP contribution >= 0.6 is 0 Å². The highest BCUT2D eigenvalue weighted by atomic mass is 15.2. The lowest BCUT2D eigenvalue weighted by atomic mass is 10.0. The maximum absolute atomic E-state index is 3.49. The van der Waals surface area contributed by atoms with Crippen LogP contribution in [0.3, 0.4) is 0 Å². The van der Waals surface area contributed by atoms with Gasteiger partial charge in [-0.25, -0.2) is 0 Å². The number of rotatable bonds is 8. The Morgan fingerprint density at radius 2 is 1.94 bits per heavy atom. The molecule has 0 spiro atoms. The zero-order valence-electron chi connectivity index (χ0n) is 12.9. The minimum Gasteiger partial charge on any atom is -0.317 e. The van der Waals surface area contributed by atoms with Gasteiger partial charge >= 0.3 is 0 Å². The van der Waals surface area contributed by atoms with Crippen LogP contribution in [0.15, 0.2) is 0 Å². The van der Waals surface area contributed by atoms with Crippen molar-refractivity contribution >= 4 is 0 Å². The van der Waals surface area contributed by atoms with Gasteiger partial charge in [0.05, 0.1) is 0 Å². The molecule has 1 aliphatic rings. The van der Waals surface area contributed by atoms with E-state index in [1.165, 1.54) is 58.3 Å². The summed E-state index contributed by atoms with van der Waals surface area (Å²) in [6, 6.07) is 1.53. The fourth-order valence-electron chi connectivity index (χ4n) is 2.79. The number of nitrogens with zero attached hydrogens (tertiary/aromatic N) is 2. The molecule has 0 aromatic heterocycles. The third-order valence-electron chi connectivity index (χ3n) is 4.36. The minimum atomic E-state index is 0.724. The molecule has 1 N–H and O–H groups in total. The Bertz CT molecular complexity index is 200. The van der Waals surface area contributed by atoms with Crippen LogP contribution in [0.25, 0.3) is 0 Å². The highest BCUT2D eigenvalue weighted by Gasteiger charge is 2.23. The molecule has 0 saturated carbocycles. The van der Waals surface area contributed by atoms with Crippen molar-refractivity contribution in [3.05, 3.63) is 0 Å². The summed E-state index contributed by atoms with van der Waals surface area (Å²) in [4.78, 5) is 5.07. The number of nitrogens with one attached hydrogen (secondary N) is 1. The van der Waals surface area contributed by atoms with Gasteiger partial charge in [-0.2, -0.15) is 0 Å². The lowest BCUT2D eigenvalue weighted by Gasteiger charge is -2.38. The third kappa shape index (κ3) is 5.68. The molecule has 1 heterocycles. The second kappa shape index (κ2) is 8.89. The average Bonchev–Trinajstić information content (AvgIpc) is 2.38. The molecule has 1 saturated heterocycles. The Labute approximate surface area is 114 Å². The zero-order chi connectivity index (χ0) is 13.4. The van der Waals surface area contributed by atoms with Crippen molar-refractivity contribution in [3.8, 4) is 0 Å². The van der Waals surface area contributed by atoms with Gasteiger partial charge in [-0.15, -0.1) is 0 Å². The molecule has 0 bridgehead atoms. The van der Waals surface area contributed by atoms with Crippen molar-refractivity contribution < 1.29 is 0 Å². The molecule has 1 aliphatic heterocycles. The zero-order valence-corrected chi connectivity index (χ0v) is 12.9. The predicted molar refractivity (Wildman–Crippen MR) is 80.1 cm³/mol. The first-order chi connectivity index (χ1) is 8.65. The van der Waals surface area contributed by atoms with E-state index in [-0.39, 0.29) is 0 Å². The molecule has 1 fully saturated rings. The van der Waals surface area contributed by atoms with Gasteiger partial charge < -0.3 is 15.1 Å². The lowest BCUT2D eigenvalue weighted by molar-refractivity contribution is 0.109. The van der Waals surface area contributed by atoms with Crippen LogP contribution < -0.4 is 5.32 Å². The molecular weight excluding hydrogens is 222 g/mol. The van der Waals surface area contributed by atoms with Crippen molar-refractivity contribution in [1.29, 1.82) is 0 Å². The molecule has 0 amide bonds. The Morgan fingerprint density at radius 1 is 1.28 bits per heavy atom. The van der Waals surface area contributed by atoms with Crippen LogP contribution in [0.4, 0.5) is 0 Å². The van der Waals surface area contributed by atoms with E-state index in [2.05, 4.69) is 43.1 Å². The standard InChI is InChI=1S/C15H33N3/c1-5-10-16-11-6-7-14(2)18(4)15-8-12-17(3)13-9-15/h14-16H,5-13H2,1-4H3. The van der Waals surface area contributed by atoms with Gasteiger partial charge in [0.2, 0.25) is 0 Å². The lowest BCUT2D eigenvalue weighted by Crippen LogP contribution is -2.45. The van der Waals surface area contributed by atoms with Crippen LogP contribution in [0.5, 0.6) is 0 Å². The van der Waals surface area contributed by atoms with Crippen LogP contribution in [0.1, 0.15) is 46.0 Å². The van der Waals surface area contributed by atoms with Gasteiger partial charge in [-0.05, 0) is 79.3 Å². The van der Waals surface area contributed by atoms with Crippen molar-refractivity contribution in [2.45, 2.75) is 58.0 Å². The van der Waals surface area contributed by atoms with E-state index < -0.39 is 0 Å². The quantitative estimate of drug-likeness (QED) is 0.671. The first kappa shape index (κ1) is 15.9. The highest BCUT2D eigenvalue weighted by Crippen LogP contribution is 2.18. The van der Waals surface area contributed by atoms with Crippen molar-refractivity contribution in [1.82, 2.24) is 15.1 Å². The van der Waals surface area contributed by atoms with Crippen LogP contribution in [0, 0.1) is 0 Å². The number of hydrogen-bond donors (Lipinski definition) is 1. The SMILES string of the molecule is CCCNCCCC(C)N(C)C1CCN(C)CC1. The summed E-state index contributed by atoms with van der Waals surface area (Å²) < 4.78 is 0. The first-order valence-electron chi connectivity index (χ1n) is 7.76. The smallest absolute Gasteiger partial charge is 0.0119 e. The second-order valence-electron chi connectivity index (χ2n) is 5.94. The number of piperidine rings is 1. The summed E-state index contributed by atoms with van der Waals surface area (Å²) in [7, 11) is 4.55. The van der Waals surface area contributed by atoms with Crippen molar-refractivity contribution in [3.63, 3.8) is 0 Å². The van der Waals surface area contributed by atoms with Gasteiger partial charge in [0.15, 0.2) is 0 Å². The van der Waals surface area contributed by atoms with Crippen molar-refractivity contribution in [2.75, 3.05) is 40.3 Å². The Kier molecular flexibility index (Phi) is 7.87. The molecule has 0 radical (unpaired) electrons. The van der Waals surface area contributed by atoms with E-state index in [9.17, 15) is 0 Å². The summed E-state index contributed by atoms with van der Waals surface area (Å²) in [5, 5.41) is 3.49. The summed E-state index contributed by atoms with van der Waals surface area (Å²) >= 11 is 0. The fourth-order valence-corrected chi connectivity index (χ4v) is 2.79. The molecule has 3 heteroatoms. The average molecular weight is 255 g/mol. The third-order valence-corrected chi connectivity index (χ3v) is 4.36. The van der Waals surface area contributed by atoms with E-state index in [0.29, 0.717) is 0 Å². The van der Waals surface area contributed by atoms with E-state index in [1.54, 1.807) is 0 Å². The second-order valence-corrected chi connectivity index (χ2v) is 5.94. The molecule has 0 aliphatic carbocycles. The number of likely N-dealkylation sites (tertiary alicyclic amines) is 1. The fraction of sp³-hybridized carbons (Fsp3) is 1.00. The van der Waals surface area contributed by atoms with Crippen LogP contribution in [-0.4, -0.2) is 62.2 Å². The largest absolute Gasteiger partial charge is 0.317 e. The van der Waals surface area contributed by atoms with E-state index in [0.717, 1.165) is 12.1 Å². The van der Waals surface area contributed by atoms with Gasteiger partial charge in [0, 0.05) is 12.1 Å². The van der Waals surface area contributed by atoms with Gasteiger partial charge in [-0.3, -0.25) is 0 Å². The molecule has 1 atom stereocenters. The molecule has 0 aromatic rings. The number of hydrogen-bond acceptors (Lipinski definition) is 3. The van der Waals surface area contributed by atoms with Gasteiger partial charge in [0.1, 0.15) is 0 Å². The molecule has 3 nitrogen and oxygen atoms in total. The van der Waals surface area contributed by atoms with Crippen LogP contribution in [0.2, 0.25) is 0 Å². The first-order valence-corrected chi connectivity index (χ1v) is 7.76. The molecule has 1 rings (SSSR count). The monoisotopic (exact) mass is 255 g/mol. The Morgan fingerprint density at radius 3 is 2.56 bits per heavy atom. The van der Waals surface area contributed by atoms with Crippen LogP contribution in [-0.2, 0) is 0 Å². The van der Waals surface area contributed by atoms with E-state index in [4.69, 9.17) is 0 Å². The molecule has 0 aromatic carbocycles. The van der Waals surface area contributed by atoms with Crippen molar-refractivity contribution in [2.24, 2.45) is 0 Å². The highest BCUT2D eigenvalue weighted by molar-refractivity contribution is 4.79. The maximum atomic E-state index is 3.49. The molecule has 108 valence electrons.